The van der Waals surface area contributed by atoms with Crippen molar-refractivity contribution in [1.29, 1.82) is 0 Å². The Morgan fingerprint density at radius 2 is 1.96 bits per heavy atom. The van der Waals surface area contributed by atoms with Gasteiger partial charge in [-0.15, -0.1) is 0 Å². The van der Waals surface area contributed by atoms with Crippen molar-refractivity contribution in [3.8, 4) is 0 Å². The Bertz CT molecular complexity index is 769. The number of carbonyl (C=O) groups is 4. The van der Waals surface area contributed by atoms with Crippen LogP contribution in [0.2, 0.25) is 0 Å². The van der Waals surface area contributed by atoms with Crippen LogP contribution in [0.15, 0.2) is 24.3 Å². The maximum atomic E-state index is 12.3. The molecule has 0 aromatic heterocycles. The summed E-state index contributed by atoms with van der Waals surface area (Å²) in [6, 6.07) is 6.10. The Balaban J connectivity index is 1.92. The molecule has 1 heterocycles. The van der Waals surface area contributed by atoms with Gasteiger partial charge in [-0.25, -0.2) is 9.59 Å². The van der Waals surface area contributed by atoms with Crippen LogP contribution in [0.1, 0.15) is 56.5 Å². The molecule has 28 heavy (non-hydrogen) atoms. The van der Waals surface area contributed by atoms with Crippen molar-refractivity contribution in [2.75, 3.05) is 6.54 Å². The largest absolute Gasteiger partial charge is 0.449 e. The molecule has 0 saturated carbocycles. The number of benzene rings is 1. The number of esters is 1. The van der Waals surface area contributed by atoms with E-state index in [0.29, 0.717) is 19.5 Å². The summed E-state index contributed by atoms with van der Waals surface area (Å²) >= 11 is 0. The molecule has 8 heteroatoms. The Hall–Kier alpha value is -2.90. The summed E-state index contributed by atoms with van der Waals surface area (Å²) in [4.78, 5) is 49.6. The van der Waals surface area contributed by atoms with Crippen LogP contribution in [0.3, 0.4) is 0 Å². The fourth-order valence-electron chi connectivity index (χ4n) is 2.76. The molecule has 0 radical (unpaired) electrons. The van der Waals surface area contributed by atoms with Crippen LogP contribution in [-0.2, 0) is 20.9 Å². The van der Waals surface area contributed by atoms with Crippen molar-refractivity contribution in [2.45, 2.75) is 58.7 Å². The van der Waals surface area contributed by atoms with Gasteiger partial charge in [-0.3, -0.25) is 14.9 Å². The van der Waals surface area contributed by atoms with E-state index in [1.807, 2.05) is 6.07 Å². The molecule has 1 aliphatic rings. The van der Waals surface area contributed by atoms with Gasteiger partial charge in [0.2, 0.25) is 5.91 Å². The van der Waals surface area contributed by atoms with Crippen LogP contribution in [0.5, 0.6) is 0 Å². The first-order valence-electron chi connectivity index (χ1n) is 9.26. The van der Waals surface area contributed by atoms with Gasteiger partial charge in [0.25, 0.3) is 5.91 Å². The predicted octanol–water partition coefficient (Wildman–Crippen LogP) is 1.98. The second-order valence-corrected chi connectivity index (χ2v) is 7.86. The first-order chi connectivity index (χ1) is 13.0. The molecule has 1 aromatic carbocycles. The van der Waals surface area contributed by atoms with E-state index >= 15 is 0 Å². The number of ether oxygens (including phenoxy) is 1. The summed E-state index contributed by atoms with van der Waals surface area (Å²) in [5, 5.41) is 4.74. The van der Waals surface area contributed by atoms with Gasteiger partial charge in [-0.05, 0) is 51.8 Å². The molecule has 2 N–H and O–H groups in total. The van der Waals surface area contributed by atoms with Gasteiger partial charge >= 0.3 is 12.0 Å². The molecule has 0 bridgehead atoms. The number of nitrogens with one attached hydrogen (secondary N) is 2. The van der Waals surface area contributed by atoms with E-state index in [0.717, 1.165) is 12.0 Å². The van der Waals surface area contributed by atoms with E-state index in [2.05, 4.69) is 10.6 Å². The minimum Gasteiger partial charge on any atom is -0.449 e. The molecule has 1 saturated heterocycles. The highest BCUT2D eigenvalue weighted by molar-refractivity contribution is 5.98. The first kappa shape index (κ1) is 21.4. The number of nitrogens with zero attached hydrogens (tertiary/aromatic N) is 1. The van der Waals surface area contributed by atoms with Gasteiger partial charge in [0.15, 0.2) is 6.10 Å². The fraction of sp³-hybridized carbons (Fsp3) is 0.500. The molecule has 1 fully saturated rings. The summed E-state index contributed by atoms with van der Waals surface area (Å²) in [5.74, 6) is -1.28. The van der Waals surface area contributed by atoms with Gasteiger partial charge in [-0.1, -0.05) is 12.1 Å². The summed E-state index contributed by atoms with van der Waals surface area (Å²) in [6.45, 7) is 7.88. The normalized spacial score (nSPS) is 15.1. The number of hydrogen-bond acceptors (Lipinski definition) is 5. The number of likely N-dealkylation sites (tertiary alicyclic amines) is 1. The van der Waals surface area contributed by atoms with Crippen LogP contribution in [-0.4, -0.2) is 46.9 Å². The van der Waals surface area contributed by atoms with E-state index in [1.165, 1.54) is 6.92 Å². The molecule has 1 aliphatic heterocycles. The maximum Gasteiger partial charge on any atom is 0.338 e. The van der Waals surface area contributed by atoms with E-state index in [9.17, 15) is 19.2 Å². The quantitative estimate of drug-likeness (QED) is 0.749. The lowest BCUT2D eigenvalue weighted by molar-refractivity contribution is -0.128. The second kappa shape index (κ2) is 8.86. The van der Waals surface area contributed by atoms with Gasteiger partial charge < -0.3 is 15.0 Å². The topological polar surface area (TPSA) is 105 Å². The molecular weight excluding hydrogens is 362 g/mol. The molecule has 2 rings (SSSR count). The first-order valence-corrected chi connectivity index (χ1v) is 9.26. The van der Waals surface area contributed by atoms with Crippen LogP contribution < -0.4 is 10.6 Å². The van der Waals surface area contributed by atoms with Crippen molar-refractivity contribution < 1.29 is 23.9 Å². The predicted molar refractivity (Wildman–Crippen MR) is 102 cm³/mol. The minimum atomic E-state index is -1.14. The number of carbonyl (C=O) groups excluding carboxylic acids is 4. The third kappa shape index (κ3) is 6.37. The lowest BCUT2D eigenvalue weighted by atomic mass is 10.1. The van der Waals surface area contributed by atoms with Gasteiger partial charge in [0, 0.05) is 25.0 Å². The fourth-order valence-corrected chi connectivity index (χ4v) is 2.76. The number of rotatable bonds is 5. The average Bonchev–Trinajstić information content (AvgIpc) is 2.98. The molecule has 0 aliphatic carbocycles. The van der Waals surface area contributed by atoms with Gasteiger partial charge in [0.1, 0.15) is 0 Å². The number of imide groups is 1. The summed E-state index contributed by atoms with van der Waals surface area (Å²) in [7, 11) is 0. The Labute approximate surface area is 164 Å². The smallest absolute Gasteiger partial charge is 0.338 e. The monoisotopic (exact) mass is 389 g/mol. The van der Waals surface area contributed by atoms with E-state index in [4.69, 9.17) is 4.74 Å². The second-order valence-electron chi connectivity index (χ2n) is 7.86. The highest BCUT2D eigenvalue weighted by Crippen LogP contribution is 2.16. The van der Waals surface area contributed by atoms with Crippen molar-refractivity contribution in [2.24, 2.45) is 0 Å². The SMILES string of the molecule is CC(OC(=O)c1cccc(CN2CCCC2=O)c1)C(=O)NC(=O)NC(C)(C)C. The third-order valence-electron chi connectivity index (χ3n) is 4.09. The Morgan fingerprint density at radius 1 is 1.25 bits per heavy atom. The zero-order valence-corrected chi connectivity index (χ0v) is 16.7. The molecule has 152 valence electrons. The van der Waals surface area contributed by atoms with Gasteiger partial charge in [-0.2, -0.15) is 0 Å². The number of urea groups is 1. The lowest BCUT2D eigenvalue weighted by Gasteiger charge is -2.21. The molecule has 1 atom stereocenters. The van der Waals surface area contributed by atoms with Crippen molar-refractivity contribution in [3.05, 3.63) is 35.4 Å². The standard InChI is InChI=1S/C20H27N3O5/c1-13(17(25)21-19(27)22-20(2,3)4)28-18(26)15-8-5-7-14(11-15)12-23-10-6-9-16(23)24/h5,7-8,11,13H,6,9-10,12H2,1-4H3,(H2,21,22,25,27). The van der Waals surface area contributed by atoms with Gasteiger partial charge in [0.05, 0.1) is 5.56 Å². The molecule has 0 spiro atoms. The van der Waals surface area contributed by atoms with Crippen molar-refractivity contribution in [3.63, 3.8) is 0 Å². The van der Waals surface area contributed by atoms with Crippen LogP contribution in [0.25, 0.3) is 0 Å². The van der Waals surface area contributed by atoms with E-state index < -0.39 is 29.6 Å². The summed E-state index contributed by atoms with van der Waals surface area (Å²) in [5.41, 5.74) is 0.593. The molecule has 1 unspecified atom stereocenters. The third-order valence-corrected chi connectivity index (χ3v) is 4.09. The number of amides is 4. The molecular formula is C20H27N3O5. The Morgan fingerprint density at radius 3 is 2.57 bits per heavy atom. The van der Waals surface area contributed by atoms with Crippen LogP contribution in [0, 0.1) is 0 Å². The van der Waals surface area contributed by atoms with Crippen LogP contribution in [0.4, 0.5) is 4.79 Å². The number of hydrogen-bond donors (Lipinski definition) is 2. The lowest BCUT2D eigenvalue weighted by Crippen LogP contribution is -2.50. The van der Waals surface area contributed by atoms with Crippen molar-refractivity contribution in [1.82, 2.24) is 15.5 Å². The minimum absolute atomic E-state index is 0.104. The highest BCUT2D eigenvalue weighted by atomic mass is 16.5. The molecule has 4 amide bonds. The zero-order chi connectivity index (χ0) is 20.9. The van der Waals surface area contributed by atoms with E-state index in [1.54, 1.807) is 43.9 Å². The molecule has 8 nitrogen and oxygen atoms in total. The van der Waals surface area contributed by atoms with Crippen molar-refractivity contribution >= 4 is 23.8 Å². The van der Waals surface area contributed by atoms with Crippen LogP contribution >= 0.6 is 0 Å². The highest BCUT2D eigenvalue weighted by Gasteiger charge is 2.23. The summed E-state index contributed by atoms with van der Waals surface area (Å²) < 4.78 is 5.16. The summed E-state index contributed by atoms with van der Waals surface area (Å²) in [6.07, 6.45) is 0.259. The maximum absolute atomic E-state index is 12.3. The molecule has 1 aromatic rings. The average molecular weight is 389 g/mol. The zero-order valence-electron chi connectivity index (χ0n) is 16.7. The Kier molecular flexibility index (Phi) is 6.77. The van der Waals surface area contributed by atoms with E-state index in [-0.39, 0.29) is 11.5 Å².